The molecule has 0 unspecified atom stereocenters. The molecule has 5 rings (SSSR count). The Hall–Kier alpha value is -1.06. The predicted molar refractivity (Wildman–Crippen MR) is 86.5 cm³/mol. The van der Waals surface area contributed by atoms with Crippen molar-refractivity contribution in [2.75, 3.05) is 0 Å². The highest BCUT2D eigenvalue weighted by molar-refractivity contribution is 5.84. The van der Waals surface area contributed by atoms with E-state index in [1.807, 2.05) is 0 Å². The summed E-state index contributed by atoms with van der Waals surface area (Å²) in [6.45, 7) is 1.72. The summed E-state index contributed by atoms with van der Waals surface area (Å²) < 4.78 is 5.60. The van der Waals surface area contributed by atoms with Gasteiger partial charge in [-0.25, -0.2) is 0 Å². The lowest BCUT2D eigenvalue weighted by Gasteiger charge is -2.53. The van der Waals surface area contributed by atoms with E-state index in [0.717, 1.165) is 24.7 Å². The second-order valence-corrected chi connectivity index (χ2v) is 8.53. The Bertz CT molecular complexity index is 455. The fourth-order valence-electron chi connectivity index (χ4n) is 6.01. The number of ether oxygens (including phenoxy) is 1. The zero-order valence-electron chi connectivity index (χ0n) is 14.1. The van der Waals surface area contributed by atoms with Crippen LogP contribution >= 0.6 is 0 Å². The van der Waals surface area contributed by atoms with Gasteiger partial charge in [0.05, 0.1) is 5.92 Å². The Kier molecular flexibility index (Phi) is 4.10. The SMILES string of the molecule is C[C@H](OC(=O)C1C2CC3CC(C2)CC1C3)C(=O)NC1CCCC1. The fraction of sp³-hybridized carbons (Fsp3) is 0.895. The molecule has 0 aliphatic heterocycles. The minimum absolute atomic E-state index is 0.0598. The molecule has 1 N–H and O–H groups in total. The van der Waals surface area contributed by atoms with Crippen LogP contribution in [-0.2, 0) is 14.3 Å². The molecule has 5 saturated carbocycles. The first kappa shape index (κ1) is 15.5. The Morgan fingerprint density at radius 3 is 2.09 bits per heavy atom. The average molecular weight is 319 g/mol. The molecule has 1 atom stereocenters. The van der Waals surface area contributed by atoms with Gasteiger partial charge in [-0.2, -0.15) is 0 Å². The van der Waals surface area contributed by atoms with Gasteiger partial charge in [0.1, 0.15) is 0 Å². The van der Waals surface area contributed by atoms with E-state index in [4.69, 9.17) is 4.74 Å². The maximum atomic E-state index is 12.7. The van der Waals surface area contributed by atoms with Crippen LogP contribution in [0.3, 0.4) is 0 Å². The van der Waals surface area contributed by atoms with Gasteiger partial charge in [0.15, 0.2) is 6.10 Å². The summed E-state index contributed by atoms with van der Waals surface area (Å²) in [5.41, 5.74) is 0. The summed E-state index contributed by atoms with van der Waals surface area (Å²) >= 11 is 0. The third-order valence-corrected chi connectivity index (χ3v) is 6.86. The van der Waals surface area contributed by atoms with E-state index in [9.17, 15) is 9.59 Å². The first-order chi connectivity index (χ1) is 11.1. The van der Waals surface area contributed by atoms with Gasteiger partial charge in [-0.15, -0.1) is 0 Å². The van der Waals surface area contributed by atoms with Crippen molar-refractivity contribution in [1.82, 2.24) is 5.32 Å². The van der Waals surface area contributed by atoms with E-state index in [0.29, 0.717) is 11.8 Å². The van der Waals surface area contributed by atoms with Crippen molar-refractivity contribution in [3.05, 3.63) is 0 Å². The number of carbonyl (C=O) groups excluding carboxylic acids is 2. The first-order valence-corrected chi connectivity index (χ1v) is 9.61. The Labute approximate surface area is 138 Å². The van der Waals surface area contributed by atoms with Crippen LogP contribution in [0.1, 0.15) is 64.7 Å². The van der Waals surface area contributed by atoms with Crippen LogP contribution in [0.4, 0.5) is 0 Å². The quantitative estimate of drug-likeness (QED) is 0.810. The zero-order valence-corrected chi connectivity index (χ0v) is 14.1. The van der Waals surface area contributed by atoms with Crippen molar-refractivity contribution in [3.8, 4) is 0 Å². The van der Waals surface area contributed by atoms with E-state index in [1.54, 1.807) is 6.92 Å². The van der Waals surface area contributed by atoms with Crippen LogP contribution in [0.25, 0.3) is 0 Å². The van der Waals surface area contributed by atoms with E-state index < -0.39 is 6.10 Å². The van der Waals surface area contributed by atoms with Crippen molar-refractivity contribution < 1.29 is 14.3 Å². The molecule has 0 radical (unpaired) electrons. The molecule has 1 amide bonds. The minimum Gasteiger partial charge on any atom is -0.452 e. The van der Waals surface area contributed by atoms with Gasteiger partial charge >= 0.3 is 5.97 Å². The van der Waals surface area contributed by atoms with Crippen LogP contribution in [-0.4, -0.2) is 24.0 Å². The molecule has 4 nitrogen and oxygen atoms in total. The number of amides is 1. The number of hydrogen-bond donors (Lipinski definition) is 1. The summed E-state index contributed by atoms with van der Waals surface area (Å²) in [4.78, 5) is 24.9. The zero-order chi connectivity index (χ0) is 16.0. The van der Waals surface area contributed by atoms with Gasteiger partial charge in [0.2, 0.25) is 0 Å². The topological polar surface area (TPSA) is 55.4 Å². The molecule has 0 aromatic rings. The molecule has 0 heterocycles. The van der Waals surface area contributed by atoms with E-state index in [-0.39, 0.29) is 23.8 Å². The monoisotopic (exact) mass is 319 g/mol. The summed E-state index contributed by atoms with van der Waals surface area (Å²) in [5, 5.41) is 3.04. The van der Waals surface area contributed by atoms with Gasteiger partial charge < -0.3 is 10.1 Å². The molecule has 4 bridgehead atoms. The van der Waals surface area contributed by atoms with E-state index >= 15 is 0 Å². The van der Waals surface area contributed by atoms with Gasteiger partial charge in [-0.05, 0) is 75.5 Å². The summed E-state index contributed by atoms with van der Waals surface area (Å²) in [7, 11) is 0. The molecule has 23 heavy (non-hydrogen) atoms. The third-order valence-electron chi connectivity index (χ3n) is 6.86. The highest BCUT2D eigenvalue weighted by atomic mass is 16.5. The highest BCUT2D eigenvalue weighted by Crippen LogP contribution is 2.56. The first-order valence-electron chi connectivity index (χ1n) is 9.61. The van der Waals surface area contributed by atoms with Gasteiger partial charge in [0.25, 0.3) is 5.91 Å². The Balaban J connectivity index is 1.33. The maximum absolute atomic E-state index is 12.7. The smallest absolute Gasteiger partial charge is 0.310 e. The van der Waals surface area contributed by atoms with Crippen LogP contribution in [0.5, 0.6) is 0 Å². The minimum atomic E-state index is -0.653. The second-order valence-electron chi connectivity index (χ2n) is 8.53. The molecule has 0 saturated heterocycles. The third kappa shape index (κ3) is 3.01. The van der Waals surface area contributed by atoms with Gasteiger partial charge in [0, 0.05) is 6.04 Å². The molecule has 0 aromatic heterocycles. The molecule has 128 valence electrons. The van der Waals surface area contributed by atoms with Gasteiger partial charge in [-0.1, -0.05) is 12.8 Å². The lowest BCUT2D eigenvalue weighted by Crippen LogP contribution is -2.50. The Morgan fingerprint density at radius 1 is 0.957 bits per heavy atom. The lowest BCUT2D eigenvalue weighted by atomic mass is 9.52. The molecule has 5 aliphatic rings. The molecule has 0 aromatic carbocycles. The van der Waals surface area contributed by atoms with Crippen molar-refractivity contribution in [3.63, 3.8) is 0 Å². The number of esters is 1. The largest absolute Gasteiger partial charge is 0.452 e. The van der Waals surface area contributed by atoms with E-state index in [1.165, 1.54) is 44.9 Å². The standard InChI is InChI=1S/C19H29NO3/c1-11(18(21)20-16-4-2-3-5-16)23-19(22)17-14-7-12-6-13(9-14)10-15(17)8-12/h11-17H,2-10H2,1H3,(H,20,21)/t11-,12?,13?,14?,15?,17?/m0/s1. The molecule has 5 fully saturated rings. The number of rotatable bonds is 4. The number of carbonyl (C=O) groups is 2. The molecular formula is C19H29NO3. The van der Waals surface area contributed by atoms with E-state index in [2.05, 4.69) is 5.32 Å². The normalized spacial score (nSPS) is 40.1. The molecule has 5 aliphatic carbocycles. The van der Waals surface area contributed by atoms with Crippen LogP contribution in [0.15, 0.2) is 0 Å². The predicted octanol–water partition coefficient (Wildman–Crippen LogP) is 3.05. The van der Waals surface area contributed by atoms with Crippen molar-refractivity contribution in [2.45, 2.75) is 76.9 Å². The lowest BCUT2D eigenvalue weighted by molar-refractivity contribution is -0.170. The molecular weight excluding hydrogens is 290 g/mol. The number of hydrogen-bond acceptors (Lipinski definition) is 3. The second kappa shape index (κ2) is 6.10. The molecule has 4 heteroatoms. The summed E-state index contributed by atoms with van der Waals surface area (Å²) in [6.07, 6.45) is 10.0. The average Bonchev–Trinajstić information content (AvgIpc) is 2.98. The van der Waals surface area contributed by atoms with Crippen LogP contribution < -0.4 is 5.32 Å². The Morgan fingerprint density at radius 2 is 1.52 bits per heavy atom. The van der Waals surface area contributed by atoms with Crippen LogP contribution in [0.2, 0.25) is 0 Å². The van der Waals surface area contributed by atoms with Crippen molar-refractivity contribution in [2.24, 2.45) is 29.6 Å². The maximum Gasteiger partial charge on any atom is 0.310 e. The van der Waals surface area contributed by atoms with Crippen molar-refractivity contribution in [1.29, 1.82) is 0 Å². The van der Waals surface area contributed by atoms with Crippen molar-refractivity contribution >= 4 is 11.9 Å². The summed E-state index contributed by atoms with van der Waals surface area (Å²) in [6, 6.07) is 0.282. The fourth-order valence-corrected chi connectivity index (χ4v) is 6.01. The highest BCUT2D eigenvalue weighted by Gasteiger charge is 2.51. The van der Waals surface area contributed by atoms with Crippen LogP contribution in [0, 0.1) is 29.6 Å². The van der Waals surface area contributed by atoms with Gasteiger partial charge in [-0.3, -0.25) is 9.59 Å². The number of nitrogens with one attached hydrogen (secondary N) is 1. The summed E-state index contributed by atoms with van der Waals surface area (Å²) in [5.74, 6) is 2.58. The molecule has 0 spiro atoms.